The van der Waals surface area contributed by atoms with Crippen LogP contribution in [0.3, 0.4) is 0 Å². The van der Waals surface area contributed by atoms with E-state index in [1.54, 1.807) is 6.07 Å². The number of rotatable bonds is 2. The number of carbonyl (C=O) groups excluding carboxylic acids is 1. The van der Waals surface area contributed by atoms with E-state index in [2.05, 4.69) is 36.1 Å². The zero-order valence-electron chi connectivity index (χ0n) is 15.8. The average Bonchev–Trinajstić information content (AvgIpc) is 3.06. The van der Waals surface area contributed by atoms with Gasteiger partial charge in [0, 0.05) is 39.9 Å². The third kappa shape index (κ3) is 3.07. The van der Waals surface area contributed by atoms with Crippen molar-refractivity contribution < 1.29 is 9.18 Å². The van der Waals surface area contributed by atoms with Gasteiger partial charge in [0.15, 0.2) is 0 Å². The fourth-order valence-corrected chi connectivity index (χ4v) is 3.38. The molecule has 0 aliphatic heterocycles. The molecule has 0 atom stereocenters. The highest BCUT2D eigenvalue weighted by atomic mass is 19.1. The third-order valence-corrected chi connectivity index (χ3v) is 4.84. The number of carbonyl (C=O) groups is 1. The Hall–Kier alpha value is -3.41. The van der Waals surface area contributed by atoms with Gasteiger partial charge in [0.05, 0.1) is 0 Å². The van der Waals surface area contributed by atoms with Crippen LogP contribution < -0.4 is 10.7 Å². The number of benzene rings is 2. The van der Waals surface area contributed by atoms with Crippen LogP contribution in [0.25, 0.3) is 21.8 Å². The van der Waals surface area contributed by atoms with Crippen molar-refractivity contribution in [2.75, 3.05) is 5.32 Å². The number of H-pyrrole nitrogens is 2. The molecule has 142 valence electrons. The molecule has 0 spiro atoms. The fraction of sp³-hybridized carbons (Fsp3) is 0.182. The monoisotopic (exact) mass is 377 g/mol. The summed E-state index contributed by atoms with van der Waals surface area (Å²) in [5, 5.41) is 3.97. The number of fused-ring (bicyclic) bond motifs is 2. The third-order valence-electron chi connectivity index (χ3n) is 4.84. The predicted molar refractivity (Wildman–Crippen MR) is 109 cm³/mol. The Bertz CT molecular complexity index is 1280. The second kappa shape index (κ2) is 6.34. The van der Waals surface area contributed by atoms with Crippen molar-refractivity contribution in [1.82, 2.24) is 9.97 Å². The minimum Gasteiger partial charge on any atom is -0.361 e. The maximum atomic E-state index is 13.5. The van der Waals surface area contributed by atoms with E-state index in [4.69, 9.17) is 0 Å². The van der Waals surface area contributed by atoms with Gasteiger partial charge in [0.1, 0.15) is 11.4 Å². The molecular formula is C22H20FN3O2. The summed E-state index contributed by atoms with van der Waals surface area (Å²) in [7, 11) is 0. The Morgan fingerprint density at radius 3 is 2.46 bits per heavy atom. The van der Waals surface area contributed by atoms with Crippen molar-refractivity contribution in [3.63, 3.8) is 0 Å². The van der Waals surface area contributed by atoms with Crippen LogP contribution in [0.5, 0.6) is 0 Å². The summed E-state index contributed by atoms with van der Waals surface area (Å²) >= 11 is 0. The first-order chi connectivity index (χ1) is 13.2. The second-order valence-electron chi connectivity index (χ2n) is 7.89. The number of hydrogen-bond acceptors (Lipinski definition) is 2. The zero-order chi connectivity index (χ0) is 20.1. The molecule has 2 heterocycles. The van der Waals surface area contributed by atoms with E-state index in [0.29, 0.717) is 11.2 Å². The smallest absolute Gasteiger partial charge is 0.261 e. The summed E-state index contributed by atoms with van der Waals surface area (Å²) in [6.07, 6.45) is 3.32. The summed E-state index contributed by atoms with van der Waals surface area (Å²) in [6, 6.07) is 9.44. The van der Waals surface area contributed by atoms with Crippen molar-refractivity contribution in [3.05, 3.63) is 76.0 Å². The second-order valence-corrected chi connectivity index (χ2v) is 7.89. The Morgan fingerprint density at radius 1 is 0.964 bits per heavy atom. The lowest BCUT2D eigenvalue weighted by Gasteiger charge is -2.17. The molecule has 5 nitrogen and oxygen atoms in total. The molecule has 1 amide bonds. The number of pyridine rings is 1. The summed E-state index contributed by atoms with van der Waals surface area (Å²) in [6.45, 7) is 6.42. The van der Waals surface area contributed by atoms with Gasteiger partial charge in [-0.2, -0.15) is 0 Å². The van der Waals surface area contributed by atoms with Gasteiger partial charge in [-0.1, -0.05) is 26.8 Å². The van der Waals surface area contributed by atoms with Crippen LogP contribution in [-0.2, 0) is 5.41 Å². The molecule has 0 unspecified atom stereocenters. The van der Waals surface area contributed by atoms with Crippen LogP contribution >= 0.6 is 0 Å². The number of aromatic nitrogens is 2. The molecule has 28 heavy (non-hydrogen) atoms. The molecule has 0 radical (unpaired) electrons. The quantitative estimate of drug-likeness (QED) is 0.474. The van der Waals surface area contributed by atoms with E-state index in [-0.39, 0.29) is 16.4 Å². The van der Waals surface area contributed by atoms with Crippen molar-refractivity contribution >= 4 is 33.4 Å². The lowest BCUT2D eigenvalue weighted by molar-refractivity contribution is 0.102. The first kappa shape index (κ1) is 18.0. The number of amides is 1. The van der Waals surface area contributed by atoms with E-state index in [9.17, 15) is 14.0 Å². The lowest BCUT2D eigenvalue weighted by atomic mass is 9.87. The van der Waals surface area contributed by atoms with E-state index in [0.717, 1.165) is 17.0 Å². The molecule has 4 aromatic rings. The van der Waals surface area contributed by atoms with Crippen LogP contribution in [0.1, 0.15) is 36.7 Å². The summed E-state index contributed by atoms with van der Waals surface area (Å²) in [4.78, 5) is 31.3. The van der Waals surface area contributed by atoms with Crippen LogP contribution in [0.15, 0.2) is 53.6 Å². The van der Waals surface area contributed by atoms with Crippen LogP contribution in [0, 0.1) is 5.82 Å². The Labute approximate surface area is 160 Å². The van der Waals surface area contributed by atoms with E-state index >= 15 is 0 Å². The molecule has 0 saturated heterocycles. The summed E-state index contributed by atoms with van der Waals surface area (Å²) in [5.74, 6) is -1.07. The van der Waals surface area contributed by atoms with Gasteiger partial charge in [0.2, 0.25) is 5.43 Å². The lowest BCUT2D eigenvalue weighted by Crippen LogP contribution is -2.22. The molecule has 2 aromatic carbocycles. The van der Waals surface area contributed by atoms with Gasteiger partial charge < -0.3 is 15.3 Å². The van der Waals surface area contributed by atoms with E-state index in [1.807, 2.05) is 18.3 Å². The number of aromatic amines is 2. The predicted octanol–water partition coefficient (Wildman–Crippen LogP) is 4.70. The number of anilines is 1. The number of hydrogen-bond donors (Lipinski definition) is 3. The topological polar surface area (TPSA) is 77.8 Å². The zero-order valence-corrected chi connectivity index (χ0v) is 15.8. The van der Waals surface area contributed by atoms with Crippen molar-refractivity contribution in [2.24, 2.45) is 0 Å². The minimum absolute atomic E-state index is 0.00330. The van der Waals surface area contributed by atoms with Crippen LogP contribution in [0.4, 0.5) is 10.1 Å². The Kier molecular flexibility index (Phi) is 4.07. The minimum atomic E-state index is -0.547. The van der Waals surface area contributed by atoms with Crippen molar-refractivity contribution in [3.8, 4) is 0 Å². The largest absolute Gasteiger partial charge is 0.361 e. The van der Waals surface area contributed by atoms with Crippen LogP contribution in [0.2, 0.25) is 0 Å². The van der Waals surface area contributed by atoms with Gasteiger partial charge in [-0.15, -0.1) is 0 Å². The molecule has 4 rings (SSSR count). The maximum absolute atomic E-state index is 13.5. The number of halogens is 1. The fourth-order valence-electron chi connectivity index (χ4n) is 3.38. The van der Waals surface area contributed by atoms with Crippen molar-refractivity contribution in [2.45, 2.75) is 26.2 Å². The highest BCUT2D eigenvalue weighted by Gasteiger charge is 2.19. The first-order valence-corrected chi connectivity index (χ1v) is 8.98. The highest BCUT2D eigenvalue weighted by Crippen LogP contribution is 2.31. The summed E-state index contributed by atoms with van der Waals surface area (Å²) < 4.78 is 13.5. The molecular weight excluding hydrogens is 357 g/mol. The molecule has 0 bridgehead atoms. The maximum Gasteiger partial charge on any atom is 0.261 e. The Balaban J connectivity index is 1.68. The van der Waals surface area contributed by atoms with E-state index in [1.165, 1.54) is 23.9 Å². The highest BCUT2D eigenvalue weighted by molar-refractivity contribution is 6.06. The van der Waals surface area contributed by atoms with E-state index < -0.39 is 17.2 Å². The van der Waals surface area contributed by atoms with Gasteiger partial charge >= 0.3 is 0 Å². The molecule has 0 aliphatic rings. The number of nitrogens with one attached hydrogen (secondary N) is 3. The molecule has 3 N–H and O–H groups in total. The molecule has 0 fully saturated rings. The van der Waals surface area contributed by atoms with Gasteiger partial charge in [-0.3, -0.25) is 9.59 Å². The Morgan fingerprint density at radius 2 is 1.71 bits per heavy atom. The molecule has 2 aromatic heterocycles. The van der Waals surface area contributed by atoms with Gasteiger partial charge in [-0.05, 0) is 41.3 Å². The molecule has 0 saturated carbocycles. The summed E-state index contributed by atoms with van der Waals surface area (Å²) in [5.41, 5.74) is 2.55. The molecule has 0 aliphatic carbocycles. The average molecular weight is 377 g/mol. The van der Waals surface area contributed by atoms with Crippen molar-refractivity contribution in [1.29, 1.82) is 0 Å². The first-order valence-electron chi connectivity index (χ1n) is 8.98. The van der Waals surface area contributed by atoms with Gasteiger partial charge in [0.25, 0.3) is 5.91 Å². The SMILES string of the molecule is CC(C)(C)c1c[nH]c2cc(NC(=O)c3c[nH]c4ccc(F)cc4c3=O)ccc12. The standard InChI is InChI=1S/C22H20FN3O2/c1-22(2,3)17-11-25-19-9-13(5-6-14(17)19)26-21(28)16-10-24-18-7-4-12(23)8-15(18)20(16)27/h4-11,25H,1-3H3,(H,24,27)(H,26,28). The van der Waals surface area contributed by atoms with Crippen LogP contribution in [-0.4, -0.2) is 15.9 Å². The normalized spacial score (nSPS) is 11.9. The molecule has 6 heteroatoms. The van der Waals surface area contributed by atoms with Gasteiger partial charge in [-0.25, -0.2) is 4.39 Å².